The van der Waals surface area contributed by atoms with Crippen molar-refractivity contribution in [3.63, 3.8) is 0 Å². The molecule has 0 aliphatic carbocycles. The first-order chi connectivity index (χ1) is 5.75. The van der Waals surface area contributed by atoms with Crippen molar-refractivity contribution in [2.24, 2.45) is 0 Å². The van der Waals surface area contributed by atoms with Crippen LogP contribution in [0.3, 0.4) is 0 Å². The molecule has 1 nitrogen and oxygen atoms in total. The van der Waals surface area contributed by atoms with E-state index in [9.17, 15) is 4.39 Å². The summed E-state index contributed by atoms with van der Waals surface area (Å²) in [5, 5.41) is 3.23. The molecule has 1 saturated heterocycles. The molecule has 12 heavy (non-hydrogen) atoms. The number of benzene rings is 1. The van der Waals surface area contributed by atoms with Crippen LogP contribution in [0.1, 0.15) is 18.0 Å². The predicted molar refractivity (Wildman–Crippen MR) is 49.5 cm³/mol. The highest BCUT2D eigenvalue weighted by Gasteiger charge is 2.18. The van der Waals surface area contributed by atoms with Crippen molar-refractivity contribution in [2.45, 2.75) is 12.5 Å². The van der Waals surface area contributed by atoms with Gasteiger partial charge in [0.15, 0.2) is 0 Å². The Morgan fingerprint density at radius 1 is 1.42 bits per heavy atom. The summed E-state index contributed by atoms with van der Waals surface area (Å²) in [6.07, 6.45) is 1.11. The zero-order valence-electron chi connectivity index (χ0n) is 6.48. The molecular formula is C9H9BrFN. The quantitative estimate of drug-likeness (QED) is 0.781. The number of hydrogen-bond acceptors (Lipinski definition) is 1. The van der Waals surface area contributed by atoms with E-state index in [2.05, 4.69) is 21.2 Å². The third-order valence-electron chi connectivity index (χ3n) is 2.11. The van der Waals surface area contributed by atoms with Crippen LogP contribution in [-0.4, -0.2) is 6.54 Å². The van der Waals surface area contributed by atoms with Crippen LogP contribution in [0.4, 0.5) is 4.39 Å². The highest BCUT2D eigenvalue weighted by atomic mass is 79.9. The Hall–Kier alpha value is -0.410. The molecule has 1 fully saturated rings. The molecule has 0 amide bonds. The third kappa shape index (κ3) is 1.52. The molecule has 0 saturated carbocycles. The molecule has 1 N–H and O–H groups in total. The summed E-state index contributed by atoms with van der Waals surface area (Å²) >= 11 is 3.27. The zero-order valence-corrected chi connectivity index (χ0v) is 8.07. The molecule has 0 aromatic heterocycles. The lowest BCUT2D eigenvalue weighted by Gasteiger charge is -2.28. The fraction of sp³-hybridized carbons (Fsp3) is 0.333. The van der Waals surface area contributed by atoms with Crippen molar-refractivity contribution in [3.8, 4) is 0 Å². The first-order valence-electron chi connectivity index (χ1n) is 3.95. The van der Waals surface area contributed by atoms with Gasteiger partial charge in [0.25, 0.3) is 0 Å². The van der Waals surface area contributed by atoms with Crippen LogP contribution < -0.4 is 5.32 Å². The summed E-state index contributed by atoms with van der Waals surface area (Å²) in [5.41, 5.74) is 1.04. The standard InChI is InChI=1S/C9H9BrFN/c10-7-3-6(4-8(11)5-7)9-1-2-12-9/h3-5,9,12H,1-2H2/t9-/m0/s1. The summed E-state index contributed by atoms with van der Waals surface area (Å²) in [4.78, 5) is 0. The van der Waals surface area contributed by atoms with Gasteiger partial charge in [0.05, 0.1) is 0 Å². The topological polar surface area (TPSA) is 12.0 Å². The second-order valence-corrected chi connectivity index (χ2v) is 3.91. The number of halogens is 2. The molecule has 0 bridgehead atoms. The van der Waals surface area contributed by atoms with Gasteiger partial charge < -0.3 is 5.32 Å². The summed E-state index contributed by atoms with van der Waals surface area (Å²) in [6, 6.07) is 5.38. The van der Waals surface area contributed by atoms with Gasteiger partial charge in [0.1, 0.15) is 5.82 Å². The van der Waals surface area contributed by atoms with Crippen molar-refractivity contribution in [1.29, 1.82) is 0 Å². The van der Waals surface area contributed by atoms with Crippen molar-refractivity contribution in [3.05, 3.63) is 34.1 Å². The van der Waals surface area contributed by atoms with E-state index in [0.29, 0.717) is 6.04 Å². The fourth-order valence-electron chi connectivity index (χ4n) is 1.35. The van der Waals surface area contributed by atoms with E-state index in [1.165, 1.54) is 6.07 Å². The first-order valence-corrected chi connectivity index (χ1v) is 4.74. The van der Waals surface area contributed by atoms with Crippen LogP contribution in [0.15, 0.2) is 22.7 Å². The minimum absolute atomic E-state index is 0.173. The summed E-state index contributed by atoms with van der Waals surface area (Å²) in [5.74, 6) is -0.173. The molecule has 1 aliphatic heterocycles. The SMILES string of the molecule is Fc1cc(Br)cc([C@@H]2CCN2)c1. The Morgan fingerprint density at radius 2 is 2.17 bits per heavy atom. The minimum atomic E-state index is -0.173. The molecule has 1 aromatic carbocycles. The van der Waals surface area contributed by atoms with Gasteiger partial charge in [-0.1, -0.05) is 15.9 Å². The van der Waals surface area contributed by atoms with Crippen molar-refractivity contribution < 1.29 is 4.39 Å². The first kappa shape index (κ1) is 8.20. The largest absolute Gasteiger partial charge is 0.310 e. The third-order valence-corrected chi connectivity index (χ3v) is 2.57. The van der Waals surface area contributed by atoms with Gasteiger partial charge in [-0.15, -0.1) is 0 Å². The van der Waals surface area contributed by atoms with Crippen LogP contribution in [0.25, 0.3) is 0 Å². The Kier molecular flexibility index (Phi) is 2.15. The summed E-state index contributed by atoms with van der Waals surface area (Å²) in [7, 11) is 0. The van der Waals surface area contributed by atoms with Gasteiger partial charge in [-0.25, -0.2) is 4.39 Å². The maximum absolute atomic E-state index is 12.9. The Labute approximate surface area is 79.1 Å². The molecule has 1 aliphatic rings. The van der Waals surface area contributed by atoms with Gasteiger partial charge >= 0.3 is 0 Å². The van der Waals surface area contributed by atoms with Crippen molar-refractivity contribution in [2.75, 3.05) is 6.54 Å². The Bertz CT molecular complexity index is 276. The zero-order chi connectivity index (χ0) is 8.55. The number of nitrogens with one attached hydrogen (secondary N) is 1. The number of hydrogen-bond donors (Lipinski definition) is 1. The molecule has 2 rings (SSSR count). The minimum Gasteiger partial charge on any atom is -0.310 e. The molecule has 1 aromatic rings. The smallest absolute Gasteiger partial charge is 0.124 e. The lowest BCUT2D eigenvalue weighted by atomic mass is 9.98. The average molecular weight is 230 g/mol. The van der Waals surface area contributed by atoms with Gasteiger partial charge in [0, 0.05) is 10.5 Å². The van der Waals surface area contributed by atoms with Gasteiger partial charge in [-0.05, 0) is 36.7 Å². The van der Waals surface area contributed by atoms with E-state index in [-0.39, 0.29) is 5.82 Å². The maximum Gasteiger partial charge on any atom is 0.124 e. The summed E-state index contributed by atoms with van der Waals surface area (Å²) in [6.45, 7) is 1.04. The van der Waals surface area contributed by atoms with Crippen molar-refractivity contribution in [1.82, 2.24) is 5.32 Å². The molecule has 0 spiro atoms. The van der Waals surface area contributed by atoms with Gasteiger partial charge in [-0.3, -0.25) is 0 Å². The van der Waals surface area contributed by atoms with E-state index in [0.717, 1.165) is 23.0 Å². The molecule has 3 heteroatoms. The van der Waals surface area contributed by atoms with Crippen molar-refractivity contribution >= 4 is 15.9 Å². The van der Waals surface area contributed by atoms with Crippen LogP contribution in [0, 0.1) is 5.82 Å². The van der Waals surface area contributed by atoms with E-state index < -0.39 is 0 Å². The van der Waals surface area contributed by atoms with Crippen LogP contribution >= 0.6 is 15.9 Å². The summed E-state index contributed by atoms with van der Waals surface area (Å²) < 4.78 is 13.7. The molecule has 1 atom stereocenters. The van der Waals surface area contributed by atoms with E-state index in [1.807, 2.05) is 6.07 Å². The second-order valence-electron chi connectivity index (χ2n) is 3.00. The molecule has 0 radical (unpaired) electrons. The van der Waals surface area contributed by atoms with Gasteiger partial charge in [-0.2, -0.15) is 0 Å². The van der Waals surface area contributed by atoms with E-state index in [4.69, 9.17) is 0 Å². The molecule has 1 heterocycles. The molecular weight excluding hydrogens is 221 g/mol. The lowest BCUT2D eigenvalue weighted by molar-refractivity contribution is 0.381. The van der Waals surface area contributed by atoms with Gasteiger partial charge in [0.2, 0.25) is 0 Å². The maximum atomic E-state index is 12.9. The molecule has 0 unspecified atom stereocenters. The normalized spacial score (nSPS) is 22.0. The highest BCUT2D eigenvalue weighted by Crippen LogP contribution is 2.26. The Balaban J connectivity index is 2.30. The van der Waals surface area contributed by atoms with Crippen LogP contribution in [0.2, 0.25) is 0 Å². The second kappa shape index (κ2) is 3.15. The van der Waals surface area contributed by atoms with Crippen LogP contribution in [0.5, 0.6) is 0 Å². The monoisotopic (exact) mass is 229 g/mol. The van der Waals surface area contributed by atoms with E-state index in [1.54, 1.807) is 6.07 Å². The predicted octanol–water partition coefficient (Wildman–Crippen LogP) is 2.62. The molecule has 64 valence electrons. The van der Waals surface area contributed by atoms with E-state index >= 15 is 0 Å². The highest BCUT2D eigenvalue weighted by molar-refractivity contribution is 9.10. The fourth-order valence-corrected chi connectivity index (χ4v) is 1.83. The number of rotatable bonds is 1. The van der Waals surface area contributed by atoms with Crippen LogP contribution in [-0.2, 0) is 0 Å². The lowest BCUT2D eigenvalue weighted by Crippen LogP contribution is -2.34. The average Bonchev–Trinajstić information content (AvgIpc) is 1.79. The Morgan fingerprint density at radius 3 is 2.67 bits per heavy atom.